The highest BCUT2D eigenvalue weighted by Crippen LogP contribution is 2.55. The van der Waals surface area contributed by atoms with Gasteiger partial charge in [-0.15, -0.1) is 0 Å². The van der Waals surface area contributed by atoms with Crippen LogP contribution in [-0.2, 0) is 4.79 Å². The summed E-state index contributed by atoms with van der Waals surface area (Å²) in [6.07, 6.45) is 6.83. The minimum atomic E-state index is -0.929. The quantitative estimate of drug-likeness (QED) is 0.803. The van der Waals surface area contributed by atoms with Gasteiger partial charge in [-0.2, -0.15) is 0 Å². The van der Waals surface area contributed by atoms with E-state index < -0.39 is 29.1 Å². The number of rotatable bonds is 5. The Kier molecular flexibility index (Phi) is 4.92. The van der Waals surface area contributed by atoms with Crippen LogP contribution in [0.4, 0.5) is 8.78 Å². The molecule has 0 heterocycles. The molecule has 4 fully saturated rings. The van der Waals surface area contributed by atoms with Gasteiger partial charge in [0.05, 0.1) is 0 Å². The van der Waals surface area contributed by atoms with Crippen LogP contribution in [0.15, 0.2) is 18.2 Å². The molecule has 28 heavy (non-hydrogen) atoms. The predicted molar refractivity (Wildman–Crippen MR) is 101 cm³/mol. The average Bonchev–Trinajstić information content (AvgIpc) is 2.57. The summed E-state index contributed by atoms with van der Waals surface area (Å²) >= 11 is 0. The topological polar surface area (TPSA) is 58.2 Å². The zero-order valence-corrected chi connectivity index (χ0v) is 16.4. The van der Waals surface area contributed by atoms with Crippen molar-refractivity contribution in [2.45, 2.75) is 64.0 Å². The lowest BCUT2D eigenvalue weighted by Gasteiger charge is -2.57. The van der Waals surface area contributed by atoms with Gasteiger partial charge in [-0.1, -0.05) is 19.9 Å². The molecule has 5 rings (SSSR count). The van der Waals surface area contributed by atoms with Crippen molar-refractivity contribution >= 4 is 11.8 Å². The minimum absolute atomic E-state index is 0.174. The van der Waals surface area contributed by atoms with Crippen LogP contribution in [0.25, 0.3) is 0 Å². The molecule has 1 unspecified atom stereocenters. The third kappa shape index (κ3) is 3.53. The number of halogens is 2. The summed E-state index contributed by atoms with van der Waals surface area (Å²) in [6, 6.07) is 2.45. The summed E-state index contributed by atoms with van der Waals surface area (Å²) in [7, 11) is 0. The molecule has 152 valence electrons. The van der Waals surface area contributed by atoms with Crippen LogP contribution in [0.1, 0.15) is 62.7 Å². The highest BCUT2D eigenvalue weighted by Gasteiger charge is 2.52. The van der Waals surface area contributed by atoms with Crippen LogP contribution in [0.2, 0.25) is 0 Å². The number of carbonyl (C=O) groups is 2. The van der Waals surface area contributed by atoms with Crippen LogP contribution in [0, 0.1) is 35.3 Å². The van der Waals surface area contributed by atoms with Crippen molar-refractivity contribution in [2.75, 3.05) is 0 Å². The van der Waals surface area contributed by atoms with E-state index in [1.165, 1.54) is 25.3 Å². The maximum atomic E-state index is 13.9. The van der Waals surface area contributed by atoms with Gasteiger partial charge in [-0.3, -0.25) is 9.59 Å². The Hall–Kier alpha value is -1.98. The molecule has 4 nitrogen and oxygen atoms in total. The van der Waals surface area contributed by atoms with Crippen molar-refractivity contribution in [2.24, 2.45) is 23.7 Å². The smallest absolute Gasteiger partial charge is 0.257 e. The van der Waals surface area contributed by atoms with Crippen LogP contribution in [-0.4, -0.2) is 23.4 Å². The van der Waals surface area contributed by atoms with E-state index >= 15 is 0 Å². The van der Waals surface area contributed by atoms with Crippen LogP contribution in [0.5, 0.6) is 0 Å². The number of benzene rings is 1. The third-order valence-corrected chi connectivity index (χ3v) is 6.85. The summed E-state index contributed by atoms with van der Waals surface area (Å²) < 4.78 is 27.9. The first kappa shape index (κ1) is 19.3. The molecule has 0 aliphatic heterocycles. The minimum Gasteiger partial charge on any atom is -0.349 e. The summed E-state index contributed by atoms with van der Waals surface area (Å²) in [6.45, 7) is 3.64. The molecule has 1 aromatic rings. The first-order valence-corrected chi connectivity index (χ1v) is 10.3. The fourth-order valence-corrected chi connectivity index (χ4v) is 6.07. The van der Waals surface area contributed by atoms with E-state index in [9.17, 15) is 18.4 Å². The lowest BCUT2D eigenvalue weighted by atomic mass is 9.53. The summed E-state index contributed by atoms with van der Waals surface area (Å²) in [5.74, 6) is -1.14. The fraction of sp³-hybridized carbons (Fsp3) is 0.636. The lowest BCUT2D eigenvalue weighted by Crippen LogP contribution is -2.63. The number of nitrogens with one attached hydrogen (secondary N) is 2. The molecule has 2 amide bonds. The Bertz CT molecular complexity index is 737. The molecule has 4 bridgehead atoms. The zero-order chi connectivity index (χ0) is 20.1. The monoisotopic (exact) mass is 390 g/mol. The van der Waals surface area contributed by atoms with Gasteiger partial charge in [-0.25, -0.2) is 8.78 Å². The molecule has 2 N–H and O–H groups in total. The SMILES string of the molecule is CC(C)C(NC(=O)c1c(F)cccc1F)C(=O)NC12CC3CC(CC(C3)C1)C2. The Morgan fingerprint density at radius 1 is 1.00 bits per heavy atom. The molecule has 4 aliphatic rings. The molecule has 4 saturated carbocycles. The zero-order valence-electron chi connectivity index (χ0n) is 16.4. The van der Waals surface area contributed by atoms with Crippen LogP contribution < -0.4 is 10.6 Å². The second-order valence-corrected chi connectivity index (χ2v) is 9.48. The number of hydrogen-bond acceptors (Lipinski definition) is 2. The second kappa shape index (κ2) is 7.12. The number of hydrogen-bond donors (Lipinski definition) is 2. The van der Waals surface area contributed by atoms with Crippen LogP contribution >= 0.6 is 0 Å². The Balaban J connectivity index is 1.49. The second-order valence-electron chi connectivity index (χ2n) is 9.48. The van der Waals surface area contributed by atoms with E-state index in [1.54, 1.807) is 0 Å². The van der Waals surface area contributed by atoms with Crippen molar-refractivity contribution in [1.29, 1.82) is 0 Å². The van der Waals surface area contributed by atoms with E-state index in [1.807, 2.05) is 13.8 Å². The van der Waals surface area contributed by atoms with Gasteiger partial charge in [0.25, 0.3) is 5.91 Å². The fourth-order valence-electron chi connectivity index (χ4n) is 6.07. The first-order valence-electron chi connectivity index (χ1n) is 10.3. The van der Waals surface area contributed by atoms with Gasteiger partial charge in [0.15, 0.2) is 0 Å². The molecule has 0 aromatic heterocycles. The maximum Gasteiger partial charge on any atom is 0.257 e. The highest BCUT2D eigenvalue weighted by atomic mass is 19.1. The summed E-state index contributed by atoms with van der Waals surface area (Å²) in [4.78, 5) is 25.6. The molecule has 0 radical (unpaired) electrons. The van der Waals surface area contributed by atoms with Crippen molar-refractivity contribution < 1.29 is 18.4 Å². The van der Waals surface area contributed by atoms with E-state index in [4.69, 9.17) is 0 Å². The van der Waals surface area contributed by atoms with Crippen molar-refractivity contribution in [3.8, 4) is 0 Å². The largest absolute Gasteiger partial charge is 0.349 e. The lowest BCUT2D eigenvalue weighted by molar-refractivity contribution is -0.129. The Labute approximate surface area is 164 Å². The molecule has 6 heteroatoms. The first-order chi connectivity index (χ1) is 13.3. The van der Waals surface area contributed by atoms with Crippen molar-refractivity contribution in [3.05, 3.63) is 35.4 Å². The van der Waals surface area contributed by atoms with Gasteiger partial charge in [0, 0.05) is 5.54 Å². The summed E-state index contributed by atoms with van der Waals surface area (Å²) in [5.41, 5.74) is -0.816. The highest BCUT2D eigenvalue weighted by molar-refractivity contribution is 5.98. The molecular weight excluding hydrogens is 362 g/mol. The molecule has 1 atom stereocenters. The number of amides is 2. The van der Waals surface area contributed by atoms with Gasteiger partial charge < -0.3 is 10.6 Å². The Morgan fingerprint density at radius 3 is 1.96 bits per heavy atom. The van der Waals surface area contributed by atoms with E-state index in [0.29, 0.717) is 17.8 Å². The van der Waals surface area contributed by atoms with Crippen molar-refractivity contribution in [1.82, 2.24) is 10.6 Å². The Morgan fingerprint density at radius 2 is 1.50 bits per heavy atom. The average molecular weight is 390 g/mol. The molecular formula is C22H28F2N2O2. The molecule has 0 spiro atoms. The molecule has 4 aliphatic carbocycles. The van der Waals surface area contributed by atoms with E-state index in [2.05, 4.69) is 10.6 Å². The van der Waals surface area contributed by atoms with Crippen molar-refractivity contribution in [3.63, 3.8) is 0 Å². The normalized spacial score (nSPS) is 31.7. The third-order valence-electron chi connectivity index (χ3n) is 6.85. The number of carbonyl (C=O) groups excluding carboxylic acids is 2. The molecule has 1 aromatic carbocycles. The van der Waals surface area contributed by atoms with Gasteiger partial charge >= 0.3 is 0 Å². The summed E-state index contributed by atoms with van der Waals surface area (Å²) in [5, 5.41) is 5.82. The standard InChI is InChI=1S/C22H28F2N2O2/c1-12(2)19(25-20(27)18-16(23)4-3-5-17(18)24)21(28)26-22-9-13-6-14(10-22)8-15(7-13)11-22/h3-5,12-15,19H,6-11H2,1-2H3,(H,25,27)(H,26,28). The van der Waals surface area contributed by atoms with Gasteiger partial charge in [0.2, 0.25) is 5.91 Å². The van der Waals surface area contributed by atoms with Gasteiger partial charge in [0.1, 0.15) is 23.2 Å². The molecule has 0 saturated heterocycles. The van der Waals surface area contributed by atoms with Gasteiger partial charge in [-0.05, 0) is 74.3 Å². The van der Waals surface area contributed by atoms with Crippen LogP contribution in [0.3, 0.4) is 0 Å². The maximum absolute atomic E-state index is 13.9. The van der Waals surface area contributed by atoms with E-state index in [0.717, 1.165) is 31.4 Å². The predicted octanol–water partition coefficient (Wildman–Crippen LogP) is 3.80. The van der Waals surface area contributed by atoms with E-state index in [-0.39, 0.29) is 17.4 Å².